The van der Waals surface area contributed by atoms with Crippen LogP contribution in [-0.4, -0.2) is 23.9 Å². The van der Waals surface area contributed by atoms with Crippen LogP contribution < -0.4 is 0 Å². The Labute approximate surface area is 106 Å². The van der Waals surface area contributed by atoms with Crippen molar-refractivity contribution in [1.82, 2.24) is 0 Å². The van der Waals surface area contributed by atoms with Gasteiger partial charge >= 0.3 is 0 Å². The summed E-state index contributed by atoms with van der Waals surface area (Å²) in [7, 11) is 0. The van der Waals surface area contributed by atoms with E-state index in [0.717, 1.165) is 31.8 Å². The third-order valence-corrected chi connectivity index (χ3v) is 4.48. The van der Waals surface area contributed by atoms with E-state index in [0.29, 0.717) is 6.10 Å². The van der Waals surface area contributed by atoms with Gasteiger partial charge in [0.05, 0.1) is 12.2 Å². The SMILES string of the molecule is OC(CCC1CCCCC1)CCC1CCCO1. The highest BCUT2D eigenvalue weighted by atomic mass is 16.5. The van der Waals surface area contributed by atoms with Crippen molar-refractivity contribution < 1.29 is 9.84 Å². The highest BCUT2D eigenvalue weighted by molar-refractivity contribution is 4.70. The first-order valence-corrected chi connectivity index (χ1v) is 7.64. The summed E-state index contributed by atoms with van der Waals surface area (Å²) < 4.78 is 5.59. The Hall–Kier alpha value is -0.0800. The van der Waals surface area contributed by atoms with Gasteiger partial charge in [0.1, 0.15) is 0 Å². The van der Waals surface area contributed by atoms with Gasteiger partial charge in [0.25, 0.3) is 0 Å². The lowest BCUT2D eigenvalue weighted by Gasteiger charge is -2.22. The monoisotopic (exact) mass is 240 g/mol. The Kier molecular flexibility index (Phi) is 5.79. The van der Waals surface area contributed by atoms with Crippen LogP contribution in [0.2, 0.25) is 0 Å². The van der Waals surface area contributed by atoms with Crippen LogP contribution in [0.25, 0.3) is 0 Å². The van der Waals surface area contributed by atoms with Gasteiger partial charge in [0, 0.05) is 6.61 Å². The minimum Gasteiger partial charge on any atom is -0.393 e. The van der Waals surface area contributed by atoms with Crippen molar-refractivity contribution in [2.24, 2.45) is 5.92 Å². The summed E-state index contributed by atoms with van der Waals surface area (Å²) in [5, 5.41) is 9.98. The molecule has 0 aromatic carbocycles. The van der Waals surface area contributed by atoms with Crippen LogP contribution in [0.1, 0.15) is 70.6 Å². The number of hydrogen-bond acceptors (Lipinski definition) is 2. The molecule has 0 radical (unpaired) electrons. The molecule has 1 aliphatic heterocycles. The molecule has 17 heavy (non-hydrogen) atoms. The Bertz CT molecular complexity index is 193. The lowest BCUT2D eigenvalue weighted by atomic mass is 9.85. The number of aliphatic hydroxyl groups is 1. The van der Waals surface area contributed by atoms with E-state index in [9.17, 15) is 5.11 Å². The predicted molar refractivity (Wildman–Crippen MR) is 70.0 cm³/mol. The zero-order valence-corrected chi connectivity index (χ0v) is 11.1. The van der Waals surface area contributed by atoms with Gasteiger partial charge in [-0.25, -0.2) is 0 Å². The molecule has 2 rings (SSSR count). The fourth-order valence-electron chi connectivity index (χ4n) is 3.30. The highest BCUT2D eigenvalue weighted by Gasteiger charge is 2.18. The van der Waals surface area contributed by atoms with Crippen LogP contribution in [0, 0.1) is 5.92 Å². The maximum atomic E-state index is 9.98. The van der Waals surface area contributed by atoms with Crippen molar-refractivity contribution >= 4 is 0 Å². The molecule has 100 valence electrons. The number of aliphatic hydroxyl groups excluding tert-OH is 1. The van der Waals surface area contributed by atoms with Crippen LogP contribution in [0.3, 0.4) is 0 Å². The Balaban J connectivity index is 1.52. The van der Waals surface area contributed by atoms with E-state index in [-0.39, 0.29) is 6.10 Å². The van der Waals surface area contributed by atoms with Gasteiger partial charge < -0.3 is 9.84 Å². The Morgan fingerprint density at radius 1 is 0.941 bits per heavy atom. The second-order valence-corrected chi connectivity index (χ2v) is 5.95. The second kappa shape index (κ2) is 7.38. The van der Waals surface area contributed by atoms with E-state index in [2.05, 4.69) is 0 Å². The molecule has 0 aromatic heterocycles. The molecule has 0 spiro atoms. The van der Waals surface area contributed by atoms with Gasteiger partial charge in [-0.1, -0.05) is 32.1 Å². The minimum absolute atomic E-state index is 0.0823. The summed E-state index contributed by atoms with van der Waals surface area (Å²) in [6.45, 7) is 0.933. The highest BCUT2D eigenvalue weighted by Crippen LogP contribution is 2.28. The molecule has 1 saturated heterocycles. The van der Waals surface area contributed by atoms with Gasteiger partial charge in [0.15, 0.2) is 0 Å². The summed E-state index contributed by atoms with van der Waals surface area (Å²) in [4.78, 5) is 0. The zero-order chi connectivity index (χ0) is 11.9. The topological polar surface area (TPSA) is 29.5 Å². The van der Waals surface area contributed by atoms with Gasteiger partial charge in [-0.3, -0.25) is 0 Å². The number of rotatable bonds is 6. The largest absolute Gasteiger partial charge is 0.393 e. The molecule has 0 bridgehead atoms. The van der Waals surface area contributed by atoms with Crippen molar-refractivity contribution in [1.29, 1.82) is 0 Å². The van der Waals surface area contributed by atoms with Crippen LogP contribution in [-0.2, 0) is 4.74 Å². The van der Waals surface area contributed by atoms with E-state index in [1.807, 2.05) is 0 Å². The van der Waals surface area contributed by atoms with Crippen LogP contribution in [0.5, 0.6) is 0 Å². The fraction of sp³-hybridized carbons (Fsp3) is 1.00. The third-order valence-electron chi connectivity index (χ3n) is 4.48. The van der Waals surface area contributed by atoms with E-state index < -0.39 is 0 Å². The molecular formula is C15H28O2. The molecule has 1 heterocycles. The Morgan fingerprint density at radius 3 is 2.41 bits per heavy atom. The zero-order valence-electron chi connectivity index (χ0n) is 11.1. The first kappa shape index (κ1) is 13.4. The van der Waals surface area contributed by atoms with Crippen molar-refractivity contribution in [3.63, 3.8) is 0 Å². The molecule has 2 unspecified atom stereocenters. The smallest absolute Gasteiger partial charge is 0.0577 e. The van der Waals surface area contributed by atoms with Crippen molar-refractivity contribution in [2.75, 3.05) is 6.61 Å². The molecule has 1 aliphatic carbocycles. The lowest BCUT2D eigenvalue weighted by Crippen LogP contribution is -2.15. The molecule has 0 aromatic rings. The standard InChI is InChI=1S/C15H28O2/c16-14(10-11-15-7-4-12-17-15)9-8-13-5-2-1-3-6-13/h13-16H,1-12H2. The molecule has 0 amide bonds. The maximum absolute atomic E-state index is 9.98. The maximum Gasteiger partial charge on any atom is 0.0577 e. The minimum atomic E-state index is -0.0823. The third kappa shape index (κ3) is 4.97. The molecule has 1 N–H and O–H groups in total. The van der Waals surface area contributed by atoms with Gasteiger partial charge in [-0.05, 0) is 44.4 Å². The predicted octanol–water partition coefficient (Wildman–Crippen LogP) is 3.67. The average molecular weight is 240 g/mol. The summed E-state index contributed by atoms with van der Waals surface area (Å²) in [5.74, 6) is 0.904. The molecule has 2 aliphatic rings. The quantitative estimate of drug-likeness (QED) is 0.767. The molecular weight excluding hydrogens is 212 g/mol. The van der Waals surface area contributed by atoms with E-state index in [4.69, 9.17) is 4.74 Å². The summed E-state index contributed by atoms with van der Waals surface area (Å²) in [5.41, 5.74) is 0. The lowest BCUT2D eigenvalue weighted by molar-refractivity contribution is 0.0761. The number of hydrogen-bond donors (Lipinski definition) is 1. The molecule has 2 nitrogen and oxygen atoms in total. The fourth-order valence-corrected chi connectivity index (χ4v) is 3.30. The van der Waals surface area contributed by atoms with Crippen LogP contribution in [0.15, 0.2) is 0 Å². The summed E-state index contributed by atoms with van der Waals surface area (Å²) in [6.07, 6.45) is 14.1. The van der Waals surface area contributed by atoms with Crippen molar-refractivity contribution in [3.05, 3.63) is 0 Å². The summed E-state index contributed by atoms with van der Waals surface area (Å²) >= 11 is 0. The Morgan fingerprint density at radius 2 is 1.71 bits per heavy atom. The van der Waals surface area contributed by atoms with Crippen molar-refractivity contribution in [3.8, 4) is 0 Å². The average Bonchev–Trinajstić information content (AvgIpc) is 2.88. The van der Waals surface area contributed by atoms with E-state index >= 15 is 0 Å². The number of ether oxygens (including phenoxy) is 1. The van der Waals surface area contributed by atoms with E-state index in [1.54, 1.807) is 0 Å². The summed E-state index contributed by atoms with van der Waals surface area (Å²) in [6, 6.07) is 0. The molecule has 1 saturated carbocycles. The van der Waals surface area contributed by atoms with Gasteiger partial charge in [-0.2, -0.15) is 0 Å². The van der Waals surface area contributed by atoms with Gasteiger partial charge in [-0.15, -0.1) is 0 Å². The first-order chi connectivity index (χ1) is 8.34. The second-order valence-electron chi connectivity index (χ2n) is 5.95. The molecule has 2 fully saturated rings. The molecule has 2 atom stereocenters. The van der Waals surface area contributed by atoms with E-state index in [1.165, 1.54) is 51.4 Å². The first-order valence-electron chi connectivity index (χ1n) is 7.64. The van der Waals surface area contributed by atoms with Crippen LogP contribution >= 0.6 is 0 Å². The van der Waals surface area contributed by atoms with Crippen molar-refractivity contribution in [2.45, 2.75) is 82.8 Å². The normalized spacial score (nSPS) is 28.4. The molecule has 2 heteroatoms. The van der Waals surface area contributed by atoms with Gasteiger partial charge in [0.2, 0.25) is 0 Å². The van der Waals surface area contributed by atoms with Crippen LogP contribution in [0.4, 0.5) is 0 Å².